The Labute approximate surface area is 475 Å². The molecule has 72 heavy (non-hydrogen) atoms. The van der Waals surface area contributed by atoms with Gasteiger partial charge < -0.3 is 37.2 Å². The number of fused-ring (bicyclic) bond motifs is 20. The van der Waals surface area contributed by atoms with Gasteiger partial charge in [-0.15, -0.1) is 47.0 Å². The zero-order chi connectivity index (χ0) is 45.0. The van der Waals surface area contributed by atoms with Crippen LogP contribution in [-0.2, 0) is 0 Å². The second-order valence-corrected chi connectivity index (χ2v) is 27.0. The van der Waals surface area contributed by atoms with E-state index in [1.54, 1.807) is 0 Å². The molecule has 5 aliphatic heterocycles. The van der Waals surface area contributed by atoms with Gasteiger partial charge in [0, 0.05) is 64.3 Å². The van der Waals surface area contributed by atoms with Crippen LogP contribution in [0.3, 0.4) is 0 Å². The van der Waals surface area contributed by atoms with Gasteiger partial charge in [-0.1, -0.05) is 98.5 Å². The van der Waals surface area contributed by atoms with E-state index < -0.39 is 0 Å². The molecule has 12 atom stereocenters. The van der Waals surface area contributed by atoms with E-state index in [9.17, 15) is 0 Å². The molecule has 0 spiro atoms. The second kappa shape index (κ2) is 25.4. The molecular formula is C56H72AlCl3N8S4. The van der Waals surface area contributed by atoms with Gasteiger partial charge in [-0.25, -0.2) is 0 Å². The molecule has 9 aliphatic rings. The normalized spacial score (nSPS) is 40.6. The van der Waals surface area contributed by atoms with Crippen molar-refractivity contribution in [1.29, 1.82) is 0 Å². The maximum Gasteiger partial charge on any atom is 3.00 e. The van der Waals surface area contributed by atoms with Gasteiger partial charge >= 0.3 is 17.4 Å². The summed E-state index contributed by atoms with van der Waals surface area (Å²) in [7, 11) is 0. The molecule has 0 aromatic heterocycles. The van der Waals surface area contributed by atoms with Gasteiger partial charge in [0.05, 0.1) is 49.3 Å². The maximum atomic E-state index is 4.51. The first-order valence-corrected chi connectivity index (χ1v) is 30.1. The Kier molecular flexibility index (Phi) is 19.8. The molecule has 0 radical (unpaired) electrons. The molecule has 384 valence electrons. The molecule has 9 fully saturated rings. The quantitative estimate of drug-likeness (QED) is 0.117. The smallest absolute Gasteiger partial charge is 1.00 e. The fourth-order valence-electron chi connectivity index (χ4n) is 15.3. The molecular weight excluding hydrogens is 1050 g/mol. The van der Waals surface area contributed by atoms with Crippen molar-refractivity contribution in [1.82, 2.24) is 42.5 Å². The van der Waals surface area contributed by atoms with E-state index in [1.807, 2.05) is 0 Å². The zero-order valence-corrected chi connectivity index (χ0v) is 47.6. The van der Waals surface area contributed by atoms with E-state index in [1.165, 1.54) is 96.6 Å². The minimum Gasteiger partial charge on any atom is -1.00 e. The number of hydrogen-bond acceptors (Lipinski definition) is 12. The van der Waals surface area contributed by atoms with Gasteiger partial charge in [0.1, 0.15) is 0 Å². The molecule has 4 saturated carbocycles. The van der Waals surface area contributed by atoms with E-state index >= 15 is 0 Å². The molecule has 8 N–H and O–H groups in total. The second-order valence-electron chi connectivity index (χ2n) is 21.7. The van der Waals surface area contributed by atoms with E-state index in [0.717, 1.165) is 0 Å². The van der Waals surface area contributed by atoms with E-state index in [0.29, 0.717) is 68.3 Å². The van der Waals surface area contributed by atoms with Gasteiger partial charge in [-0.3, -0.25) is 42.5 Å². The first-order chi connectivity index (χ1) is 33.7. The van der Waals surface area contributed by atoms with Gasteiger partial charge in [0.15, 0.2) is 0 Å². The van der Waals surface area contributed by atoms with Crippen LogP contribution in [0.25, 0.3) is 0 Å². The zero-order valence-electron chi connectivity index (χ0n) is 40.9. The summed E-state index contributed by atoms with van der Waals surface area (Å²) in [6.45, 7) is 0. The van der Waals surface area contributed by atoms with Crippen molar-refractivity contribution >= 4 is 64.4 Å². The molecule has 4 aromatic rings. The van der Waals surface area contributed by atoms with Crippen molar-refractivity contribution in [2.75, 3.05) is 0 Å². The van der Waals surface area contributed by atoms with Gasteiger partial charge in [0.2, 0.25) is 0 Å². The standard InChI is InChI=1S/C56H72N8S4.Al.3ClH/c1-5-17-33(18-6-1)65-41-29-13-25-37-45(41)53-57-49(37)62-54-47-39(27-15-31-43(47)67-35-21-9-3-10-22-35)51(59-54)64-56-48-40(28-16-32-44(48)68-36-23-11-4-12-24-36)52(60-56)63-55-46-38(50(58-55)61-53)26-14-30-42(46)66-34-19-7-2-8-20-34;;;;/h1-12,17-24,37-64H,13-16,25-32H2;;3*1H/q;+3;;;/p-3. The molecule has 13 rings (SSSR count). The van der Waals surface area contributed by atoms with E-state index in [4.69, 9.17) is 0 Å². The van der Waals surface area contributed by atoms with Crippen molar-refractivity contribution in [2.45, 2.75) is 167 Å². The predicted molar refractivity (Wildman–Crippen MR) is 289 cm³/mol. The molecule has 5 heterocycles. The van der Waals surface area contributed by atoms with Crippen molar-refractivity contribution in [3.8, 4) is 0 Å². The molecule has 4 aliphatic carbocycles. The van der Waals surface area contributed by atoms with Crippen LogP contribution in [0.15, 0.2) is 141 Å². The summed E-state index contributed by atoms with van der Waals surface area (Å²) in [6, 6.07) is 45.2. The summed E-state index contributed by atoms with van der Waals surface area (Å²) in [6.07, 6.45) is 17.1. The number of halogens is 3. The summed E-state index contributed by atoms with van der Waals surface area (Å²) in [5, 5.41) is 37.9. The SMILES string of the molecule is [Al+3].[Cl-].[Cl-].[Cl-].c1ccc(SC2CCCC3C4NC(NC5NC(NC6NC(NC7NC(N4)C4C(Sc8ccccc8)CCCC74)C4C(Sc7ccccc7)CCCC64)C4C(Sc6ccccc6)CCCC54)C23)cc1. The van der Waals surface area contributed by atoms with Crippen molar-refractivity contribution in [3.05, 3.63) is 121 Å². The summed E-state index contributed by atoms with van der Waals surface area (Å²) in [5.41, 5.74) is 0. The van der Waals surface area contributed by atoms with Crippen molar-refractivity contribution in [3.63, 3.8) is 0 Å². The van der Waals surface area contributed by atoms with Gasteiger partial charge in [0.25, 0.3) is 0 Å². The van der Waals surface area contributed by atoms with Crippen LogP contribution < -0.4 is 79.8 Å². The molecule has 16 heteroatoms. The molecule has 4 aromatic carbocycles. The molecule has 8 nitrogen and oxygen atoms in total. The number of hydrogen-bond donors (Lipinski definition) is 8. The maximum absolute atomic E-state index is 4.51. The van der Waals surface area contributed by atoms with Crippen molar-refractivity contribution in [2.24, 2.45) is 47.3 Å². The topological polar surface area (TPSA) is 96.2 Å². The Hall–Kier alpha value is -0.638. The summed E-state index contributed by atoms with van der Waals surface area (Å²) in [4.78, 5) is 5.64. The minimum absolute atomic E-state index is 0. The Morgan fingerprint density at radius 3 is 0.653 bits per heavy atom. The van der Waals surface area contributed by atoms with Crippen molar-refractivity contribution < 1.29 is 37.2 Å². The summed E-state index contributed by atoms with van der Waals surface area (Å²) < 4.78 is 0. The first-order valence-electron chi connectivity index (χ1n) is 26.6. The number of nitrogens with one attached hydrogen (secondary N) is 8. The number of benzene rings is 4. The van der Waals surface area contributed by atoms with Crippen LogP contribution >= 0.6 is 47.0 Å². The van der Waals surface area contributed by atoms with Crippen LogP contribution in [-0.4, -0.2) is 87.7 Å². The Bertz CT molecular complexity index is 1980. The van der Waals surface area contributed by atoms with Crippen LogP contribution in [0, 0.1) is 47.3 Å². The molecule has 5 saturated heterocycles. The third-order valence-corrected chi connectivity index (χ3v) is 23.6. The fourth-order valence-corrected chi connectivity index (χ4v) is 21.2. The Morgan fingerprint density at radius 1 is 0.264 bits per heavy atom. The van der Waals surface area contributed by atoms with Gasteiger partial charge in [-0.05, 0) is 124 Å². The monoisotopic (exact) mass is 1120 g/mol. The van der Waals surface area contributed by atoms with Crippen LogP contribution in [0.1, 0.15) is 77.0 Å². The van der Waals surface area contributed by atoms with Crippen LogP contribution in [0.5, 0.6) is 0 Å². The third kappa shape index (κ3) is 11.6. The summed E-state index contributed by atoms with van der Waals surface area (Å²) in [5.74, 6) is 4.24. The average molecular weight is 1120 g/mol. The summed E-state index contributed by atoms with van der Waals surface area (Å²) >= 11 is 8.60. The Balaban J connectivity index is 0.00000160. The molecule has 0 amide bonds. The molecule has 8 bridgehead atoms. The minimum atomic E-state index is 0. The van der Waals surface area contributed by atoms with Gasteiger partial charge in [-0.2, -0.15) is 0 Å². The molecule has 12 unspecified atom stereocenters. The van der Waals surface area contributed by atoms with E-state index in [-0.39, 0.29) is 104 Å². The van der Waals surface area contributed by atoms with Crippen LogP contribution in [0.2, 0.25) is 0 Å². The predicted octanol–water partition coefficient (Wildman–Crippen LogP) is 0.320. The fraction of sp³-hybridized carbons (Fsp3) is 0.571. The largest absolute Gasteiger partial charge is 3.00 e. The third-order valence-electron chi connectivity index (χ3n) is 18.0. The van der Waals surface area contributed by atoms with E-state index in [2.05, 4.69) is 211 Å². The van der Waals surface area contributed by atoms with Crippen LogP contribution in [0.4, 0.5) is 0 Å². The first kappa shape index (κ1) is 56.1. The Morgan fingerprint density at radius 2 is 0.458 bits per heavy atom. The number of rotatable bonds is 8. The number of thioether (sulfide) groups is 4. The average Bonchev–Trinajstić information content (AvgIpc) is 4.12.